The lowest BCUT2D eigenvalue weighted by molar-refractivity contribution is 0.361. The molecule has 1 heterocycles. The fraction of sp³-hybridized carbons (Fsp3) is 0.571. The van der Waals surface area contributed by atoms with E-state index in [0.717, 1.165) is 18.3 Å². The third-order valence-corrected chi connectivity index (χ3v) is 4.15. The van der Waals surface area contributed by atoms with E-state index in [1.165, 1.54) is 32.1 Å². The first-order valence-corrected chi connectivity index (χ1v) is 7.17. The van der Waals surface area contributed by atoms with Crippen LogP contribution >= 0.6 is 11.6 Å². The number of amidine groups is 1. The molecular formula is C14H21ClN4. The second-order valence-electron chi connectivity index (χ2n) is 5.29. The summed E-state index contributed by atoms with van der Waals surface area (Å²) in [6.45, 7) is 0.966. The van der Waals surface area contributed by atoms with Gasteiger partial charge in [-0.05, 0) is 24.8 Å². The van der Waals surface area contributed by atoms with Crippen molar-refractivity contribution in [3.05, 3.63) is 22.8 Å². The van der Waals surface area contributed by atoms with Crippen molar-refractivity contribution in [1.82, 2.24) is 4.98 Å². The Kier molecular flexibility index (Phi) is 4.64. The second-order valence-corrected chi connectivity index (χ2v) is 5.67. The summed E-state index contributed by atoms with van der Waals surface area (Å²) >= 11 is 6.29. The van der Waals surface area contributed by atoms with Crippen LogP contribution in [-0.2, 0) is 0 Å². The molecule has 1 saturated carbocycles. The molecule has 0 unspecified atom stereocenters. The minimum absolute atomic E-state index is 0.0142. The van der Waals surface area contributed by atoms with Crippen molar-refractivity contribution >= 4 is 23.3 Å². The highest BCUT2D eigenvalue weighted by atomic mass is 35.5. The van der Waals surface area contributed by atoms with Gasteiger partial charge in [-0.3, -0.25) is 5.41 Å². The van der Waals surface area contributed by atoms with Crippen LogP contribution in [0.15, 0.2) is 12.3 Å². The van der Waals surface area contributed by atoms with Gasteiger partial charge in [-0.2, -0.15) is 0 Å². The average Bonchev–Trinajstić information content (AvgIpc) is 2.39. The third kappa shape index (κ3) is 3.38. The summed E-state index contributed by atoms with van der Waals surface area (Å²) in [6.07, 6.45) is 8.25. The molecule has 19 heavy (non-hydrogen) atoms. The van der Waals surface area contributed by atoms with E-state index in [1.807, 2.05) is 7.05 Å². The molecule has 0 bridgehead atoms. The molecule has 1 aromatic heterocycles. The molecule has 5 heteroatoms. The molecule has 0 spiro atoms. The zero-order valence-corrected chi connectivity index (χ0v) is 12.1. The van der Waals surface area contributed by atoms with Crippen LogP contribution in [0.3, 0.4) is 0 Å². The maximum absolute atomic E-state index is 7.51. The average molecular weight is 281 g/mol. The number of hydrogen-bond donors (Lipinski definition) is 2. The highest BCUT2D eigenvalue weighted by Gasteiger charge is 2.19. The lowest BCUT2D eigenvalue weighted by atomic mass is 9.89. The van der Waals surface area contributed by atoms with Gasteiger partial charge in [0, 0.05) is 25.4 Å². The van der Waals surface area contributed by atoms with Gasteiger partial charge in [0.25, 0.3) is 0 Å². The van der Waals surface area contributed by atoms with Crippen LogP contribution in [0.4, 0.5) is 5.82 Å². The number of nitrogen functional groups attached to an aromatic ring is 1. The Morgan fingerprint density at radius 2 is 2.16 bits per heavy atom. The maximum Gasteiger partial charge on any atom is 0.147 e. The van der Waals surface area contributed by atoms with Crippen molar-refractivity contribution in [2.45, 2.75) is 32.1 Å². The molecule has 1 aliphatic carbocycles. The van der Waals surface area contributed by atoms with E-state index < -0.39 is 0 Å². The summed E-state index contributed by atoms with van der Waals surface area (Å²) < 4.78 is 0. The summed E-state index contributed by atoms with van der Waals surface area (Å²) in [5.41, 5.74) is 6.08. The quantitative estimate of drug-likeness (QED) is 0.658. The van der Waals surface area contributed by atoms with Gasteiger partial charge in [0.2, 0.25) is 0 Å². The van der Waals surface area contributed by atoms with E-state index in [4.69, 9.17) is 22.7 Å². The summed E-state index contributed by atoms with van der Waals surface area (Å²) in [7, 11) is 2.01. The van der Waals surface area contributed by atoms with Crippen LogP contribution in [0.2, 0.25) is 5.02 Å². The molecule has 0 amide bonds. The van der Waals surface area contributed by atoms with Gasteiger partial charge in [-0.25, -0.2) is 4.98 Å². The lowest BCUT2D eigenvalue weighted by Crippen LogP contribution is -2.28. The van der Waals surface area contributed by atoms with Crippen LogP contribution in [0.1, 0.15) is 37.7 Å². The van der Waals surface area contributed by atoms with Crippen LogP contribution in [-0.4, -0.2) is 24.4 Å². The molecule has 1 aromatic rings. The van der Waals surface area contributed by atoms with Gasteiger partial charge in [-0.15, -0.1) is 0 Å². The molecule has 0 saturated heterocycles. The van der Waals surface area contributed by atoms with Crippen LogP contribution in [0, 0.1) is 11.3 Å². The van der Waals surface area contributed by atoms with Gasteiger partial charge < -0.3 is 10.6 Å². The predicted molar refractivity (Wildman–Crippen MR) is 80.1 cm³/mol. The summed E-state index contributed by atoms with van der Waals surface area (Å²) in [5, 5.41) is 7.99. The van der Waals surface area contributed by atoms with E-state index in [1.54, 1.807) is 12.3 Å². The van der Waals surface area contributed by atoms with Crippen molar-refractivity contribution in [2.24, 2.45) is 11.7 Å². The number of hydrogen-bond acceptors (Lipinski definition) is 3. The SMILES string of the molecule is CN(CC1CCCCC1)c1nccc(C(=N)N)c1Cl. The summed E-state index contributed by atoms with van der Waals surface area (Å²) in [6, 6.07) is 1.68. The highest BCUT2D eigenvalue weighted by Crippen LogP contribution is 2.29. The number of halogens is 1. The van der Waals surface area contributed by atoms with Crippen LogP contribution < -0.4 is 10.6 Å². The summed E-state index contributed by atoms with van der Waals surface area (Å²) in [5.74, 6) is 1.43. The normalized spacial score (nSPS) is 16.3. The monoisotopic (exact) mass is 280 g/mol. The standard InChI is InChI=1S/C14H21ClN4/c1-19(9-10-5-3-2-4-6-10)14-12(15)11(13(16)17)7-8-18-14/h7-8,10H,2-6,9H2,1H3,(H3,16,17). The Labute approximate surface area is 119 Å². The maximum atomic E-state index is 7.51. The zero-order valence-electron chi connectivity index (χ0n) is 11.3. The third-order valence-electron chi connectivity index (χ3n) is 3.78. The van der Waals surface area contributed by atoms with Crippen molar-refractivity contribution in [1.29, 1.82) is 5.41 Å². The van der Waals surface area contributed by atoms with Crippen molar-refractivity contribution in [3.63, 3.8) is 0 Å². The first-order valence-electron chi connectivity index (χ1n) is 6.79. The highest BCUT2D eigenvalue weighted by molar-refractivity contribution is 6.36. The smallest absolute Gasteiger partial charge is 0.147 e. The Hall–Kier alpha value is -1.29. The van der Waals surface area contributed by atoms with Gasteiger partial charge in [0.15, 0.2) is 0 Å². The Balaban J connectivity index is 2.12. The van der Waals surface area contributed by atoms with E-state index in [9.17, 15) is 0 Å². The topological polar surface area (TPSA) is 66.0 Å². The lowest BCUT2D eigenvalue weighted by Gasteiger charge is -2.28. The Bertz CT molecular complexity index is 455. The van der Waals surface area contributed by atoms with Crippen molar-refractivity contribution < 1.29 is 0 Å². The number of anilines is 1. The molecule has 2 rings (SSSR count). The number of nitrogens with one attached hydrogen (secondary N) is 1. The number of aromatic nitrogens is 1. The van der Waals surface area contributed by atoms with Crippen LogP contribution in [0.25, 0.3) is 0 Å². The first kappa shape index (κ1) is 14.1. The molecular weight excluding hydrogens is 260 g/mol. The van der Waals surface area contributed by atoms with E-state index >= 15 is 0 Å². The van der Waals surface area contributed by atoms with Gasteiger partial charge in [0.1, 0.15) is 11.7 Å². The van der Waals surface area contributed by atoms with Crippen molar-refractivity contribution in [3.8, 4) is 0 Å². The minimum Gasteiger partial charge on any atom is -0.384 e. The fourth-order valence-corrected chi connectivity index (χ4v) is 3.11. The number of nitrogens with two attached hydrogens (primary N) is 1. The number of pyridine rings is 1. The molecule has 1 fully saturated rings. The van der Waals surface area contributed by atoms with E-state index in [-0.39, 0.29) is 5.84 Å². The molecule has 3 N–H and O–H groups in total. The van der Waals surface area contributed by atoms with Gasteiger partial charge >= 0.3 is 0 Å². The Morgan fingerprint density at radius 3 is 2.79 bits per heavy atom. The number of rotatable bonds is 4. The van der Waals surface area contributed by atoms with Gasteiger partial charge in [-0.1, -0.05) is 30.9 Å². The van der Waals surface area contributed by atoms with E-state index in [2.05, 4.69) is 9.88 Å². The second kappa shape index (κ2) is 6.24. The van der Waals surface area contributed by atoms with E-state index in [0.29, 0.717) is 10.6 Å². The molecule has 0 aliphatic heterocycles. The van der Waals surface area contributed by atoms with Crippen LogP contribution in [0.5, 0.6) is 0 Å². The van der Waals surface area contributed by atoms with Crippen molar-refractivity contribution in [2.75, 3.05) is 18.5 Å². The van der Waals surface area contributed by atoms with Gasteiger partial charge in [0.05, 0.1) is 5.02 Å². The minimum atomic E-state index is -0.0142. The molecule has 1 aliphatic rings. The Morgan fingerprint density at radius 1 is 1.47 bits per heavy atom. The zero-order chi connectivity index (χ0) is 13.8. The fourth-order valence-electron chi connectivity index (χ4n) is 2.75. The first-order chi connectivity index (χ1) is 9.09. The molecule has 4 nitrogen and oxygen atoms in total. The predicted octanol–water partition coefficient (Wildman–Crippen LogP) is 3.04. The summed E-state index contributed by atoms with van der Waals surface area (Å²) in [4.78, 5) is 6.42. The molecule has 0 radical (unpaired) electrons. The number of nitrogens with zero attached hydrogens (tertiary/aromatic N) is 2. The largest absolute Gasteiger partial charge is 0.384 e. The molecule has 0 aromatic carbocycles. The molecule has 0 atom stereocenters. The molecule has 104 valence electrons.